The van der Waals surface area contributed by atoms with Crippen LogP contribution in [0.5, 0.6) is 0 Å². The number of anilines is 1. The van der Waals surface area contributed by atoms with Gasteiger partial charge in [0.15, 0.2) is 0 Å². The molecule has 2 aromatic rings. The minimum absolute atomic E-state index is 0.211. The molecule has 1 aromatic carbocycles. The maximum absolute atomic E-state index is 9.11. The molecule has 0 aliphatic heterocycles. The molecule has 0 aliphatic carbocycles. The third kappa shape index (κ3) is 3.73. The summed E-state index contributed by atoms with van der Waals surface area (Å²) in [7, 11) is 0. The van der Waals surface area contributed by atoms with Crippen molar-refractivity contribution in [2.24, 2.45) is 5.10 Å². The van der Waals surface area contributed by atoms with E-state index in [0.717, 1.165) is 12.0 Å². The number of aryl methyl sites for hydroxylation is 1. The summed E-state index contributed by atoms with van der Waals surface area (Å²) >= 11 is 0. The zero-order chi connectivity index (χ0) is 16.2. The van der Waals surface area contributed by atoms with Crippen LogP contribution in [0.1, 0.15) is 50.4 Å². The normalized spacial score (nSPS) is 11.6. The Bertz CT molecular complexity index is 700. The number of nitriles is 1. The van der Waals surface area contributed by atoms with Crippen molar-refractivity contribution in [1.82, 2.24) is 4.98 Å². The lowest BCUT2D eigenvalue weighted by Gasteiger charge is -2.11. The lowest BCUT2D eigenvalue weighted by atomic mass is 9.97. The SMILES string of the molecule is CCc1ccc(/C=N/Nc2oc(C(C)(C)C)nc2C#N)cc1. The average Bonchev–Trinajstić information content (AvgIpc) is 2.91. The Morgan fingerprint density at radius 1 is 1.32 bits per heavy atom. The van der Waals surface area contributed by atoms with Gasteiger partial charge in [0, 0.05) is 5.41 Å². The van der Waals surface area contributed by atoms with Gasteiger partial charge in [0.05, 0.1) is 6.21 Å². The number of benzene rings is 1. The minimum atomic E-state index is -0.259. The summed E-state index contributed by atoms with van der Waals surface area (Å²) in [5.41, 5.74) is 4.95. The molecule has 0 radical (unpaired) electrons. The number of aromatic nitrogens is 1. The van der Waals surface area contributed by atoms with Crippen molar-refractivity contribution in [3.05, 3.63) is 47.0 Å². The number of hydrogen-bond donors (Lipinski definition) is 1. The highest BCUT2D eigenvalue weighted by molar-refractivity contribution is 5.80. The van der Waals surface area contributed by atoms with Gasteiger partial charge < -0.3 is 4.42 Å². The van der Waals surface area contributed by atoms with Crippen LogP contribution in [-0.4, -0.2) is 11.2 Å². The van der Waals surface area contributed by atoms with E-state index < -0.39 is 0 Å². The molecule has 0 bridgehead atoms. The Labute approximate surface area is 130 Å². The molecule has 0 unspecified atom stereocenters. The summed E-state index contributed by atoms with van der Waals surface area (Å²) in [5, 5.41) is 13.2. The first-order chi connectivity index (χ1) is 10.4. The molecule has 5 nitrogen and oxygen atoms in total. The van der Waals surface area contributed by atoms with E-state index in [2.05, 4.69) is 34.6 Å². The third-order valence-electron chi connectivity index (χ3n) is 3.14. The Kier molecular flexibility index (Phi) is 4.62. The number of hydrazone groups is 1. The number of nitrogens with one attached hydrogen (secondary N) is 1. The minimum Gasteiger partial charge on any atom is -0.421 e. The summed E-state index contributed by atoms with van der Waals surface area (Å²) < 4.78 is 5.59. The second-order valence-electron chi connectivity index (χ2n) is 6.02. The molecule has 0 amide bonds. The smallest absolute Gasteiger partial charge is 0.252 e. The summed E-state index contributed by atoms with van der Waals surface area (Å²) in [6, 6.07) is 10.1. The topological polar surface area (TPSA) is 74.2 Å². The van der Waals surface area contributed by atoms with Crippen molar-refractivity contribution in [3.63, 3.8) is 0 Å². The van der Waals surface area contributed by atoms with E-state index in [1.165, 1.54) is 5.56 Å². The second kappa shape index (κ2) is 6.44. The van der Waals surface area contributed by atoms with Crippen molar-refractivity contribution in [2.45, 2.75) is 39.5 Å². The van der Waals surface area contributed by atoms with E-state index in [0.29, 0.717) is 5.89 Å². The molecule has 2 rings (SSSR count). The summed E-state index contributed by atoms with van der Waals surface area (Å²) in [6.07, 6.45) is 2.69. The Balaban J connectivity index is 2.12. The largest absolute Gasteiger partial charge is 0.421 e. The van der Waals surface area contributed by atoms with Crippen LogP contribution < -0.4 is 5.43 Å². The standard InChI is InChI=1S/C17H20N4O/c1-5-12-6-8-13(9-7-12)11-19-21-15-14(10-18)20-16(22-15)17(2,3)4/h6-9,11,21H,5H2,1-4H3/b19-11+. The highest BCUT2D eigenvalue weighted by Crippen LogP contribution is 2.26. The quantitative estimate of drug-likeness (QED) is 0.687. The molecule has 1 aromatic heterocycles. The van der Waals surface area contributed by atoms with E-state index in [1.807, 2.05) is 39.0 Å². The van der Waals surface area contributed by atoms with Crippen LogP contribution in [0.25, 0.3) is 0 Å². The van der Waals surface area contributed by atoms with Crippen LogP contribution >= 0.6 is 0 Å². The number of hydrogen-bond acceptors (Lipinski definition) is 5. The first-order valence-corrected chi connectivity index (χ1v) is 7.23. The lowest BCUT2D eigenvalue weighted by molar-refractivity contribution is 0.399. The van der Waals surface area contributed by atoms with Gasteiger partial charge in [-0.3, -0.25) is 0 Å². The lowest BCUT2D eigenvalue weighted by Crippen LogP contribution is -2.11. The van der Waals surface area contributed by atoms with E-state index in [1.54, 1.807) is 6.21 Å². The third-order valence-corrected chi connectivity index (χ3v) is 3.14. The van der Waals surface area contributed by atoms with E-state index >= 15 is 0 Å². The fraction of sp³-hybridized carbons (Fsp3) is 0.353. The maximum atomic E-state index is 9.11. The molecule has 0 aliphatic rings. The molecule has 1 heterocycles. The fourth-order valence-corrected chi connectivity index (χ4v) is 1.80. The van der Waals surface area contributed by atoms with Crippen molar-refractivity contribution in [1.29, 1.82) is 5.26 Å². The van der Waals surface area contributed by atoms with Crippen LogP contribution in [0.3, 0.4) is 0 Å². The molecule has 0 saturated carbocycles. The number of nitrogens with zero attached hydrogens (tertiary/aromatic N) is 3. The van der Waals surface area contributed by atoms with E-state index in [-0.39, 0.29) is 17.0 Å². The zero-order valence-corrected chi connectivity index (χ0v) is 13.3. The predicted octanol–water partition coefficient (Wildman–Crippen LogP) is 3.85. The molecular weight excluding hydrogens is 276 g/mol. The average molecular weight is 296 g/mol. The second-order valence-corrected chi connectivity index (χ2v) is 6.02. The summed E-state index contributed by atoms with van der Waals surface area (Å²) in [5.74, 6) is 0.780. The Morgan fingerprint density at radius 2 is 2.00 bits per heavy atom. The Morgan fingerprint density at radius 3 is 2.55 bits per heavy atom. The molecule has 0 saturated heterocycles. The monoisotopic (exact) mass is 296 g/mol. The zero-order valence-electron chi connectivity index (χ0n) is 13.3. The molecule has 22 heavy (non-hydrogen) atoms. The molecule has 114 valence electrons. The summed E-state index contributed by atoms with van der Waals surface area (Å²) in [4.78, 5) is 4.18. The van der Waals surface area contributed by atoms with Crippen LogP contribution in [0, 0.1) is 11.3 Å². The van der Waals surface area contributed by atoms with Gasteiger partial charge in [0.2, 0.25) is 11.6 Å². The van der Waals surface area contributed by atoms with Gasteiger partial charge >= 0.3 is 0 Å². The molecule has 0 atom stereocenters. The van der Waals surface area contributed by atoms with Crippen molar-refractivity contribution < 1.29 is 4.42 Å². The first-order valence-electron chi connectivity index (χ1n) is 7.23. The first kappa shape index (κ1) is 15.8. The fourth-order valence-electron chi connectivity index (χ4n) is 1.80. The summed E-state index contributed by atoms with van der Waals surface area (Å²) in [6.45, 7) is 8.04. The maximum Gasteiger partial charge on any atom is 0.252 e. The highest BCUT2D eigenvalue weighted by Gasteiger charge is 2.23. The van der Waals surface area contributed by atoms with Gasteiger partial charge in [-0.05, 0) is 17.5 Å². The van der Waals surface area contributed by atoms with Crippen LogP contribution in [0.4, 0.5) is 5.88 Å². The van der Waals surface area contributed by atoms with Gasteiger partial charge in [0.1, 0.15) is 6.07 Å². The molecule has 1 N–H and O–H groups in total. The van der Waals surface area contributed by atoms with Crippen LogP contribution in [0.2, 0.25) is 0 Å². The van der Waals surface area contributed by atoms with Gasteiger partial charge in [-0.2, -0.15) is 15.3 Å². The van der Waals surface area contributed by atoms with Gasteiger partial charge in [-0.25, -0.2) is 5.43 Å². The van der Waals surface area contributed by atoms with Gasteiger partial charge in [-0.1, -0.05) is 52.0 Å². The predicted molar refractivity (Wildman–Crippen MR) is 87.0 cm³/mol. The van der Waals surface area contributed by atoms with Crippen molar-refractivity contribution >= 4 is 12.1 Å². The van der Waals surface area contributed by atoms with Gasteiger partial charge in [0.25, 0.3) is 5.88 Å². The Hall–Kier alpha value is -2.61. The van der Waals surface area contributed by atoms with E-state index in [4.69, 9.17) is 9.68 Å². The molecular formula is C17H20N4O. The van der Waals surface area contributed by atoms with Crippen molar-refractivity contribution in [2.75, 3.05) is 5.43 Å². The van der Waals surface area contributed by atoms with E-state index in [9.17, 15) is 0 Å². The molecule has 0 fully saturated rings. The van der Waals surface area contributed by atoms with Crippen LogP contribution in [0.15, 0.2) is 33.8 Å². The molecule has 5 heteroatoms. The van der Waals surface area contributed by atoms with Gasteiger partial charge in [-0.15, -0.1) is 0 Å². The number of oxazole rings is 1. The number of rotatable bonds is 4. The van der Waals surface area contributed by atoms with Crippen molar-refractivity contribution in [3.8, 4) is 6.07 Å². The molecule has 0 spiro atoms. The van der Waals surface area contributed by atoms with Crippen LogP contribution in [-0.2, 0) is 11.8 Å². The highest BCUT2D eigenvalue weighted by atomic mass is 16.4.